The second-order valence-corrected chi connectivity index (χ2v) is 5.84. The molecule has 0 unspecified atom stereocenters. The van der Waals surface area contributed by atoms with Crippen molar-refractivity contribution in [3.63, 3.8) is 0 Å². The van der Waals surface area contributed by atoms with Gasteiger partial charge in [0.2, 0.25) is 0 Å². The van der Waals surface area contributed by atoms with Gasteiger partial charge in [-0.1, -0.05) is 12.1 Å². The van der Waals surface area contributed by atoms with Gasteiger partial charge in [0.15, 0.2) is 0 Å². The fourth-order valence-corrected chi connectivity index (χ4v) is 2.55. The van der Waals surface area contributed by atoms with E-state index in [9.17, 15) is 22.8 Å². The van der Waals surface area contributed by atoms with E-state index in [1.165, 1.54) is 29.2 Å². The predicted molar refractivity (Wildman–Crippen MR) is 86.2 cm³/mol. The van der Waals surface area contributed by atoms with Gasteiger partial charge in [0.25, 0.3) is 0 Å². The van der Waals surface area contributed by atoms with Crippen molar-refractivity contribution in [1.82, 2.24) is 4.90 Å². The standard InChI is InChI=1S/C17H15F3N2O4/c1-10-6-11(7-15(23)25-10)26-12-8-22(9-12)16(24)21-14-5-3-2-4-13(14)17(18,19)20/h2-7,12H,8-9H2,1H3,(H,21,24). The monoisotopic (exact) mass is 368 g/mol. The SMILES string of the molecule is Cc1cc(OC2CN(C(=O)Nc3ccccc3C(F)(F)F)C2)cc(=O)o1. The predicted octanol–water partition coefficient (Wildman–Crippen LogP) is 3.26. The van der Waals surface area contributed by atoms with Crippen LogP contribution in [0.5, 0.6) is 5.75 Å². The van der Waals surface area contributed by atoms with Crippen LogP contribution in [-0.4, -0.2) is 30.1 Å². The summed E-state index contributed by atoms with van der Waals surface area (Å²) in [6.45, 7) is 1.99. The maximum absolute atomic E-state index is 12.9. The van der Waals surface area contributed by atoms with Gasteiger partial charge in [-0.2, -0.15) is 13.2 Å². The van der Waals surface area contributed by atoms with Crippen LogP contribution in [0.25, 0.3) is 0 Å². The van der Waals surface area contributed by atoms with E-state index < -0.39 is 23.4 Å². The van der Waals surface area contributed by atoms with E-state index in [1.807, 2.05) is 0 Å². The summed E-state index contributed by atoms with van der Waals surface area (Å²) in [6.07, 6.45) is -4.91. The topological polar surface area (TPSA) is 71.8 Å². The highest BCUT2D eigenvalue weighted by Crippen LogP contribution is 2.34. The number of nitrogens with zero attached hydrogens (tertiary/aromatic N) is 1. The molecule has 1 aliphatic rings. The Morgan fingerprint density at radius 1 is 1.27 bits per heavy atom. The molecule has 1 aliphatic heterocycles. The molecule has 0 aliphatic carbocycles. The van der Waals surface area contributed by atoms with Crippen molar-refractivity contribution in [3.8, 4) is 5.75 Å². The molecule has 0 atom stereocenters. The van der Waals surface area contributed by atoms with Crippen molar-refractivity contribution >= 4 is 11.7 Å². The van der Waals surface area contributed by atoms with Crippen LogP contribution < -0.4 is 15.7 Å². The van der Waals surface area contributed by atoms with Crippen molar-refractivity contribution in [3.05, 3.63) is 58.1 Å². The van der Waals surface area contributed by atoms with Crippen molar-refractivity contribution in [2.75, 3.05) is 18.4 Å². The number of ether oxygens (including phenoxy) is 1. The largest absolute Gasteiger partial charge is 0.486 e. The van der Waals surface area contributed by atoms with Gasteiger partial charge in [0, 0.05) is 6.07 Å². The molecule has 26 heavy (non-hydrogen) atoms. The number of benzene rings is 1. The Kier molecular flexibility index (Phi) is 4.62. The molecule has 1 aromatic heterocycles. The van der Waals surface area contributed by atoms with E-state index in [0.717, 1.165) is 6.07 Å². The summed E-state index contributed by atoms with van der Waals surface area (Å²) < 4.78 is 49.2. The first kappa shape index (κ1) is 17.8. The van der Waals surface area contributed by atoms with Crippen LogP contribution in [0.1, 0.15) is 11.3 Å². The summed E-state index contributed by atoms with van der Waals surface area (Å²) in [5.74, 6) is 0.719. The molecule has 0 spiro atoms. The van der Waals surface area contributed by atoms with Crippen LogP contribution in [0, 0.1) is 6.92 Å². The molecule has 3 rings (SSSR count). The molecule has 0 bridgehead atoms. The van der Waals surface area contributed by atoms with Gasteiger partial charge in [0.05, 0.1) is 30.4 Å². The molecule has 1 saturated heterocycles. The molecule has 2 aromatic rings. The Balaban J connectivity index is 1.58. The molecule has 138 valence electrons. The van der Waals surface area contributed by atoms with Crippen LogP contribution in [0.2, 0.25) is 0 Å². The Labute approximate surface area is 146 Å². The molecule has 0 radical (unpaired) electrons. The molecule has 6 nitrogen and oxygen atoms in total. The molecule has 1 N–H and O–H groups in total. The number of halogens is 3. The summed E-state index contributed by atoms with van der Waals surface area (Å²) >= 11 is 0. The van der Waals surface area contributed by atoms with Crippen LogP contribution >= 0.6 is 0 Å². The number of rotatable bonds is 3. The number of hydrogen-bond donors (Lipinski definition) is 1. The third-order valence-electron chi connectivity index (χ3n) is 3.78. The van der Waals surface area contributed by atoms with Gasteiger partial charge in [-0.25, -0.2) is 9.59 Å². The Morgan fingerprint density at radius 2 is 1.96 bits per heavy atom. The highest BCUT2D eigenvalue weighted by atomic mass is 19.4. The normalized spacial score (nSPS) is 14.7. The number of nitrogens with one attached hydrogen (secondary N) is 1. The van der Waals surface area contributed by atoms with Crippen LogP contribution in [0.4, 0.5) is 23.7 Å². The zero-order valence-corrected chi connectivity index (χ0v) is 13.7. The average molecular weight is 368 g/mol. The number of urea groups is 1. The van der Waals surface area contributed by atoms with Crippen LogP contribution in [0.15, 0.2) is 45.6 Å². The number of aryl methyl sites for hydroxylation is 1. The first-order valence-corrected chi connectivity index (χ1v) is 7.73. The summed E-state index contributed by atoms with van der Waals surface area (Å²) in [7, 11) is 0. The molecule has 0 saturated carbocycles. The van der Waals surface area contributed by atoms with E-state index in [2.05, 4.69) is 5.32 Å². The summed E-state index contributed by atoms with van der Waals surface area (Å²) in [5.41, 5.74) is -1.75. The van der Waals surface area contributed by atoms with Gasteiger partial charge in [-0.3, -0.25) is 0 Å². The fourth-order valence-electron chi connectivity index (χ4n) is 2.55. The van der Waals surface area contributed by atoms with Gasteiger partial charge in [-0.15, -0.1) is 0 Å². The Hall–Kier alpha value is -2.97. The smallest absolute Gasteiger partial charge is 0.418 e. The second kappa shape index (κ2) is 6.74. The zero-order chi connectivity index (χ0) is 18.9. The third-order valence-corrected chi connectivity index (χ3v) is 3.78. The second-order valence-electron chi connectivity index (χ2n) is 5.84. The van der Waals surface area contributed by atoms with E-state index in [0.29, 0.717) is 11.5 Å². The van der Waals surface area contributed by atoms with Crippen molar-refractivity contribution in [2.24, 2.45) is 0 Å². The lowest BCUT2D eigenvalue weighted by Crippen LogP contribution is -2.57. The minimum absolute atomic E-state index is 0.194. The third kappa shape index (κ3) is 3.98. The van der Waals surface area contributed by atoms with Gasteiger partial charge >= 0.3 is 17.8 Å². The maximum Gasteiger partial charge on any atom is 0.418 e. The average Bonchev–Trinajstić information content (AvgIpc) is 2.49. The van der Waals surface area contributed by atoms with E-state index >= 15 is 0 Å². The number of anilines is 1. The fraction of sp³-hybridized carbons (Fsp3) is 0.294. The van der Waals surface area contributed by atoms with Gasteiger partial charge < -0.3 is 19.4 Å². The van der Waals surface area contributed by atoms with Crippen molar-refractivity contribution in [1.29, 1.82) is 0 Å². The molecular formula is C17H15F3N2O4. The lowest BCUT2D eigenvalue weighted by atomic mass is 10.1. The minimum Gasteiger partial charge on any atom is -0.486 e. The molecule has 1 aromatic carbocycles. The summed E-state index contributed by atoms with van der Waals surface area (Å²) in [6, 6.07) is 6.85. The molecule has 1 fully saturated rings. The number of carbonyl (C=O) groups is 1. The quantitative estimate of drug-likeness (QED) is 0.903. The number of hydrogen-bond acceptors (Lipinski definition) is 4. The van der Waals surface area contributed by atoms with Crippen molar-refractivity contribution < 1.29 is 27.1 Å². The first-order chi connectivity index (χ1) is 12.2. The highest BCUT2D eigenvalue weighted by Gasteiger charge is 2.36. The Bertz CT molecular complexity index is 873. The maximum atomic E-state index is 12.9. The first-order valence-electron chi connectivity index (χ1n) is 7.73. The molecule has 2 amide bonds. The van der Waals surface area contributed by atoms with E-state index in [1.54, 1.807) is 13.0 Å². The van der Waals surface area contributed by atoms with E-state index in [-0.39, 0.29) is 24.9 Å². The minimum atomic E-state index is -4.56. The summed E-state index contributed by atoms with van der Waals surface area (Å²) in [4.78, 5) is 24.7. The van der Waals surface area contributed by atoms with Crippen LogP contribution in [0.3, 0.4) is 0 Å². The molecular weight excluding hydrogens is 353 g/mol. The number of likely N-dealkylation sites (tertiary alicyclic amines) is 1. The zero-order valence-electron chi connectivity index (χ0n) is 13.7. The summed E-state index contributed by atoms with van der Waals surface area (Å²) in [5, 5.41) is 2.27. The number of para-hydroxylation sites is 1. The lowest BCUT2D eigenvalue weighted by Gasteiger charge is -2.38. The number of amides is 2. The Morgan fingerprint density at radius 3 is 2.62 bits per heavy atom. The number of carbonyl (C=O) groups excluding carboxylic acids is 1. The number of alkyl halides is 3. The highest BCUT2D eigenvalue weighted by molar-refractivity contribution is 5.90. The van der Waals surface area contributed by atoms with Gasteiger partial charge in [0.1, 0.15) is 17.6 Å². The van der Waals surface area contributed by atoms with E-state index in [4.69, 9.17) is 9.15 Å². The van der Waals surface area contributed by atoms with Crippen LogP contribution in [-0.2, 0) is 6.18 Å². The van der Waals surface area contributed by atoms with Gasteiger partial charge in [-0.05, 0) is 19.1 Å². The lowest BCUT2D eigenvalue weighted by molar-refractivity contribution is -0.136. The molecule has 2 heterocycles. The van der Waals surface area contributed by atoms with Crippen molar-refractivity contribution in [2.45, 2.75) is 19.2 Å². The molecule has 9 heteroatoms.